The summed E-state index contributed by atoms with van der Waals surface area (Å²) in [7, 11) is 0. The molecule has 0 saturated carbocycles. The average Bonchev–Trinajstić information content (AvgIpc) is 3.30. The molecule has 2 heterocycles. The molecule has 2 aromatic heterocycles. The number of carbonyl (C=O) groups is 1. The maximum absolute atomic E-state index is 12.9. The van der Waals surface area contributed by atoms with Crippen LogP contribution in [0.25, 0.3) is 16.9 Å². The molecule has 188 valence electrons. The molecule has 0 radical (unpaired) electrons. The van der Waals surface area contributed by atoms with Gasteiger partial charge in [-0.05, 0) is 56.5 Å². The smallest absolute Gasteiger partial charge is 0.251 e. The van der Waals surface area contributed by atoms with Crippen LogP contribution in [0.4, 0.5) is 5.69 Å². The highest BCUT2D eigenvalue weighted by molar-refractivity contribution is 5.95. The number of fused-ring (bicyclic) bond motifs is 1. The Labute approximate surface area is 210 Å². The molecule has 5 N–H and O–H groups in total. The lowest BCUT2D eigenvalue weighted by atomic mass is 10.0. The minimum Gasteiger partial charge on any atom is -0.489 e. The minimum atomic E-state index is -0.253. The van der Waals surface area contributed by atoms with E-state index in [-0.39, 0.29) is 31.3 Å². The van der Waals surface area contributed by atoms with Crippen molar-refractivity contribution >= 4 is 17.2 Å². The van der Waals surface area contributed by atoms with E-state index in [1.807, 2.05) is 67.0 Å². The van der Waals surface area contributed by atoms with E-state index in [9.17, 15) is 15.0 Å². The molecular weight excluding hydrogens is 456 g/mol. The average molecular weight is 489 g/mol. The number of aliphatic hydroxyl groups excluding tert-OH is 2. The van der Waals surface area contributed by atoms with Gasteiger partial charge < -0.3 is 30.4 Å². The van der Waals surface area contributed by atoms with E-state index in [2.05, 4.69) is 10.3 Å². The van der Waals surface area contributed by atoms with Crippen LogP contribution in [-0.2, 0) is 13.0 Å². The van der Waals surface area contributed by atoms with Crippen LogP contribution < -0.4 is 15.8 Å². The van der Waals surface area contributed by atoms with E-state index in [1.54, 1.807) is 18.2 Å². The molecule has 0 unspecified atom stereocenters. The predicted octanol–water partition coefficient (Wildman–Crippen LogP) is 3.59. The maximum Gasteiger partial charge on any atom is 0.251 e. The Kier molecular flexibility index (Phi) is 7.87. The molecule has 0 bridgehead atoms. The van der Waals surface area contributed by atoms with Crippen LogP contribution in [0.1, 0.15) is 41.8 Å². The Hall–Kier alpha value is -3.88. The molecule has 0 aliphatic carbocycles. The maximum atomic E-state index is 12.9. The van der Waals surface area contributed by atoms with Crippen LogP contribution >= 0.6 is 0 Å². The second-order valence-electron chi connectivity index (χ2n) is 9.05. The predicted molar refractivity (Wildman–Crippen MR) is 140 cm³/mol. The Balaban J connectivity index is 1.45. The molecular formula is C28H32N4O4. The summed E-state index contributed by atoms with van der Waals surface area (Å²) >= 11 is 0. The summed E-state index contributed by atoms with van der Waals surface area (Å²) < 4.78 is 7.54. The van der Waals surface area contributed by atoms with Crippen LogP contribution in [0, 0.1) is 0 Å². The molecule has 0 fully saturated rings. The van der Waals surface area contributed by atoms with Gasteiger partial charge in [0.05, 0.1) is 24.1 Å². The van der Waals surface area contributed by atoms with Gasteiger partial charge in [0.15, 0.2) is 0 Å². The molecule has 8 heteroatoms. The van der Waals surface area contributed by atoms with E-state index >= 15 is 0 Å². The standard InChI is InChI=1S/C28H32N4O4/c1-18(2)36-26-10-9-21(15-24(26)29)28(35)30-23(11-13-33)14-19-5-7-20(8-6-19)25-16-32-12-3-4-22(17-34)27(32)31-25/h3-10,12,15-16,18,23,33-34H,11,13-14,17,29H2,1-2H3,(H,30,35)/t23-/m1/s1. The lowest BCUT2D eigenvalue weighted by Gasteiger charge is -2.19. The normalized spacial score (nSPS) is 12.1. The summed E-state index contributed by atoms with van der Waals surface area (Å²) in [5.41, 5.74) is 11.2. The van der Waals surface area contributed by atoms with E-state index < -0.39 is 0 Å². The highest BCUT2D eigenvalue weighted by atomic mass is 16.5. The number of ether oxygens (including phenoxy) is 1. The number of nitrogen functional groups attached to an aromatic ring is 1. The summed E-state index contributed by atoms with van der Waals surface area (Å²) in [6.45, 7) is 3.72. The topological polar surface area (TPSA) is 122 Å². The van der Waals surface area contributed by atoms with E-state index in [0.29, 0.717) is 29.8 Å². The van der Waals surface area contributed by atoms with Crippen molar-refractivity contribution in [1.29, 1.82) is 0 Å². The van der Waals surface area contributed by atoms with Gasteiger partial charge in [-0.3, -0.25) is 4.79 Å². The zero-order valence-corrected chi connectivity index (χ0v) is 20.5. The third-order valence-corrected chi connectivity index (χ3v) is 5.91. The number of aromatic nitrogens is 2. The Morgan fingerprint density at radius 1 is 1.14 bits per heavy atom. The number of pyridine rings is 1. The SMILES string of the molecule is CC(C)Oc1ccc(C(=O)N[C@H](CCO)Cc2ccc(-c3cn4cccc(CO)c4n3)cc2)cc1N. The van der Waals surface area contributed by atoms with Crippen molar-refractivity contribution in [3.63, 3.8) is 0 Å². The number of hydrogen-bond donors (Lipinski definition) is 4. The third-order valence-electron chi connectivity index (χ3n) is 5.91. The number of amides is 1. The summed E-state index contributed by atoms with van der Waals surface area (Å²) in [4.78, 5) is 17.5. The van der Waals surface area contributed by atoms with Crippen LogP contribution in [0.3, 0.4) is 0 Å². The van der Waals surface area contributed by atoms with Gasteiger partial charge in [0.25, 0.3) is 5.91 Å². The Morgan fingerprint density at radius 2 is 1.92 bits per heavy atom. The van der Waals surface area contributed by atoms with Gasteiger partial charge in [0, 0.05) is 41.7 Å². The molecule has 1 atom stereocenters. The fourth-order valence-corrected chi connectivity index (χ4v) is 4.13. The molecule has 4 aromatic rings. The van der Waals surface area contributed by atoms with Gasteiger partial charge in [-0.1, -0.05) is 30.3 Å². The highest BCUT2D eigenvalue weighted by Gasteiger charge is 2.16. The first-order valence-corrected chi connectivity index (χ1v) is 12.0. The summed E-state index contributed by atoms with van der Waals surface area (Å²) in [5, 5.41) is 22.1. The number of nitrogens with two attached hydrogens (primary N) is 1. The summed E-state index contributed by atoms with van der Waals surface area (Å²) in [6, 6.07) is 16.5. The number of imidazole rings is 1. The fourth-order valence-electron chi connectivity index (χ4n) is 4.13. The van der Waals surface area contributed by atoms with Gasteiger partial charge in [-0.25, -0.2) is 4.98 Å². The van der Waals surface area contributed by atoms with Gasteiger partial charge in [0.1, 0.15) is 11.4 Å². The first kappa shape index (κ1) is 25.2. The lowest BCUT2D eigenvalue weighted by Crippen LogP contribution is -2.37. The van der Waals surface area contributed by atoms with Crippen molar-refractivity contribution in [3.05, 3.63) is 83.7 Å². The van der Waals surface area contributed by atoms with Crippen molar-refractivity contribution in [2.24, 2.45) is 0 Å². The molecule has 0 saturated heterocycles. The van der Waals surface area contributed by atoms with Crippen LogP contribution in [0.5, 0.6) is 5.75 Å². The molecule has 8 nitrogen and oxygen atoms in total. The zero-order valence-electron chi connectivity index (χ0n) is 20.5. The van der Waals surface area contributed by atoms with Crippen molar-refractivity contribution in [2.45, 2.75) is 45.4 Å². The molecule has 0 aliphatic rings. The molecule has 0 aliphatic heterocycles. The largest absolute Gasteiger partial charge is 0.489 e. The number of anilines is 1. The van der Waals surface area contributed by atoms with Crippen LogP contribution in [0.15, 0.2) is 67.0 Å². The molecule has 36 heavy (non-hydrogen) atoms. The molecule has 2 aromatic carbocycles. The number of nitrogens with zero attached hydrogens (tertiary/aromatic N) is 2. The van der Waals surface area contributed by atoms with Crippen LogP contribution in [0.2, 0.25) is 0 Å². The number of rotatable bonds is 10. The molecule has 0 spiro atoms. The van der Waals surface area contributed by atoms with E-state index in [4.69, 9.17) is 10.5 Å². The fraction of sp³-hybridized carbons (Fsp3) is 0.286. The van der Waals surface area contributed by atoms with E-state index in [1.165, 1.54) is 0 Å². The first-order valence-electron chi connectivity index (χ1n) is 12.0. The second kappa shape index (κ2) is 11.2. The van der Waals surface area contributed by atoms with Gasteiger partial charge in [0.2, 0.25) is 0 Å². The first-order chi connectivity index (χ1) is 17.4. The molecule has 4 rings (SSSR count). The lowest BCUT2D eigenvalue weighted by molar-refractivity contribution is 0.0930. The van der Waals surface area contributed by atoms with Gasteiger partial charge in [-0.2, -0.15) is 0 Å². The van der Waals surface area contributed by atoms with Gasteiger partial charge >= 0.3 is 0 Å². The monoisotopic (exact) mass is 488 g/mol. The number of benzene rings is 2. The van der Waals surface area contributed by atoms with Gasteiger partial charge in [-0.15, -0.1) is 0 Å². The van der Waals surface area contributed by atoms with Crippen molar-refractivity contribution in [3.8, 4) is 17.0 Å². The number of nitrogens with one attached hydrogen (secondary N) is 1. The highest BCUT2D eigenvalue weighted by Crippen LogP contribution is 2.24. The van der Waals surface area contributed by atoms with Crippen molar-refractivity contribution < 1.29 is 19.7 Å². The third kappa shape index (κ3) is 5.84. The van der Waals surface area contributed by atoms with E-state index in [0.717, 1.165) is 28.0 Å². The quantitative estimate of drug-likeness (QED) is 0.253. The number of carbonyl (C=O) groups excluding carboxylic acids is 1. The number of hydrogen-bond acceptors (Lipinski definition) is 6. The summed E-state index contributed by atoms with van der Waals surface area (Å²) in [6.07, 6.45) is 4.81. The Bertz CT molecular complexity index is 1330. The van der Waals surface area contributed by atoms with Crippen LogP contribution in [-0.4, -0.2) is 44.3 Å². The second-order valence-corrected chi connectivity index (χ2v) is 9.05. The Morgan fingerprint density at radius 3 is 2.58 bits per heavy atom. The van der Waals surface area contributed by atoms with Crippen molar-refractivity contribution in [1.82, 2.24) is 14.7 Å². The molecule has 1 amide bonds. The van der Waals surface area contributed by atoms with Crippen molar-refractivity contribution in [2.75, 3.05) is 12.3 Å². The minimum absolute atomic E-state index is 0.0157. The number of aliphatic hydroxyl groups is 2. The zero-order chi connectivity index (χ0) is 25.7. The summed E-state index contributed by atoms with van der Waals surface area (Å²) in [5.74, 6) is 0.295.